The Morgan fingerprint density at radius 2 is 1.85 bits per heavy atom. The highest BCUT2D eigenvalue weighted by molar-refractivity contribution is 7.99. The van der Waals surface area contributed by atoms with E-state index in [4.69, 9.17) is 5.73 Å². The van der Waals surface area contributed by atoms with Gasteiger partial charge in [0, 0.05) is 16.2 Å². The third-order valence-electron chi connectivity index (χ3n) is 3.13. The summed E-state index contributed by atoms with van der Waals surface area (Å²) >= 11 is 1.34. The van der Waals surface area contributed by atoms with Crippen molar-refractivity contribution in [1.82, 2.24) is 0 Å². The summed E-state index contributed by atoms with van der Waals surface area (Å²) in [5.74, 6) is -0.577. The average molecular weight is 293 g/mol. The van der Waals surface area contributed by atoms with E-state index in [0.717, 1.165) is 12.0 Å². The molecule has 2 aromatic rings. The second-order valence-corrected chi connectivity index (χ2v) is 5.78. The van der Waals surface area contributed by atoms with Gasteiger partial charge in [-0.15, -0.1) is 11.8 Å². The smallest absolute Gasteiger partial charge is 0.136 e. The van der Waals surface area contributed by atoms with Crippen molar-refractivity contribution in [3.63, 3.8) is 0 Å². The SMILES string of the molecule is CCC(N)C(Sc1ccccc1F)c1cccc(F)c1. The van der Waals surface area contributed by atoms with Crippen molar-refractivity contribution in [2.24, 2.45) is 5.73 Å². The normalized spacial score (nSPS) is 14.0. The molecule has 20 heavy (non-hydrogen) atoms. The van der Waals surface area contributed by atoms with Crippen molar-refractivity contribution < 1.29 is 8.78 Å². The van der Waals surface area contributed by atoms with Crippen molar-refractivity contribution in [2.75, 3.05) is 0 Å². The largest absolute Gasteiger partial charge is 0.326 e. The van der Waals surface area contributed by atoms with E-state index in [1.807, 2.05) is 13.0 Å². The van der Waals surface area contributed by atoms with Gasteiger partial charge in [-0.05, 0) is 36.2 Å². The van der Waals surface area contributed by atoms with E-state index < -0.39 is 0 Å². The van der Waals surface area contributed by atoms with Crippen LogP contribution in [0.3, 0.4) is 0 Å². The molecule has 0 aliphatic carbocycles. The lowest BCUT2D eigenvalue weighted by atomic mass is 10.0. The molecule has 0 bridgehead atoms. The fourth-order valence-corrected chi connectivity index (χ4v) is 3.24. The second-order valence-electron chi connectivity index (χ2n) is 4.60. The lowest BCUT2D eigenvalue weighted by Crippen LogP contribution is -2.25. The summed E-state index contributed by atoms with van der Waals surface area (Å²) in [7, 11) is 0. The van der Waals surface area contributed by atoms with Crippen LogP contribution in [0.25, 0.3) is 0 Å². The van der Waals surface area contributed by atoms with Crippen LogP contribution in [-0.4, -0.2) is 6.04 Å². The summed E-state index contributed by atoms with van der Waals surface area (Å²) in [4.78, 5) is 0.533. The molecule has 2 atom stereocenters. The molecule has 2 unspecified atom stereocenters. The Balaban J connectivity index is 2.31. The predicted molar refractivity (Wildman–Crippen MR) is 79.7 cm³/mol. The van der Waals surface area contributed by atoms with Crippen molar-refractivity contribution in [3.8, 4) is 0 Å². The highest BCUT2D eigenvalue weighted by Crippen LogP contribution is 2.39. The van der Waals surface area contributed by atoms with E-state index in [1.165, 1.54) is 30.0 Å². The van der Waals surface area contributed by atoms with Crippen LogP contribution in [0.1, 0.15) is 24.2 Å². The number of nitrogens with two attached hydrogens (primary N) is 1. The molecule has 0 saturated heterocycles. The van der Waals surface area contributed by atoms with Crippen LogP contribution >= 0.6 is 11.8 Å². The molecular formula is C16H17F2NS. The fourth-order valence-electron chi connectivity index (χ4n) is 1.98. The van der Waals surface area contributed by atoms with Gasteiger partial charge in [-0.3, -0.25) is 0 Å². The monoisotopic (exact) mass is 293 g/mol. The quantitative estimate of drug-likeness (QED) is 0.819. The van der Waals surface area contributed by atoms with Crippen LogP contribution in [0.4, 0.5) is 8.78 Å². The van der Waals surface area contributed by atoms with Gasteiger partial charge in [0.05, 0.1) is 0 Å². The molecule has 106 valence electrons. The minimum absolute atomic E-state index is 0.165. The van der Waals surface area contributed by atoms with E-state index in [2.05, 4.69) is 0 Å². The predicted octanol–water partition coefficient (Wildman–Crippen LogP) is 4.54. The summed E-state index contributed by atoms with van der Waals surface area (Å²) in [6.45, 7) is 1.97. The molecule has 2 rings (SSSR count). The minimum atomic E-state index is -0.301. The summed E-state index contributed by atoms with van der Waals surface area (Å²) in [5.41, 5.74) is 6.92. The maximum absolute atomic E-state index is 13.8. The first-order valence-electron chi connectivity index (χ1n) is 6.54. The number of rotatable bonds is 5. The Kier molecular flexibility index (Phi) is 5.15. The molecule has 4 heteroatoms. The minimum Gasteiger partial charge on any atom is -0.326 e. The first-order chi connectivity index (χ1) is 9.61. The van der Waals surface area contributed by atoms with Crippen LogP contribution in [-0.2, 0) is 0 Å². The van der Waals surface area contributed by atoms with Gasteiger partial charge in [0.25, 0.3) is 0 Å². The molecule has 2 aromatic carbocycles. The molecule has 0 heterocycles. The zero-order chi connectivity index (χ0) is 14.5. The molecular weight excluding hydrogens is 276 g/mol. The van der Waals surface area contributed by atoms with Crippen molar-refractivity contribution >= 4 is 11.8 Å². The van der Waals surface area contributed by atoms with Crippen LogP contribution in [0.5, 0.6) is 0 Å². The molecule has 2 N–H and O–H groups in total. The lowest BCUT2D eigenvalue weighted by molar-refractivity contribution is 0.595. The average Bonchev–Trinajstić information content (AvgIpc) is 2.45. The third-order valence-corrected chi connectivity index (χ3v) is 4.59. The fraction of sp³-hybridized carbons (Fsp3) is 0.250. The van der Waals surface area contributed by atoms with Crippen molar-refractivity contribution in [1.29, 1.82) is 0 Å². The first-order valence-corrected chi connectivity index (χ1v) is 7.42. The van der Waals surface area contributed by atoms with Gasteiger partial charge in [0.15, 0.2) is 0 Å². The molecule has 0 radical (unpaired) electrons. The van der Waals surface area contributed by atoms with Crippen molar-refractivity contribution in [2.45, 2.75) is 29.5 Å². The molecule has 0 fully saturated rings. The molecule has 0 amide bonds. The lowest BCUT2D eigenvalue weighted by Gasteiger charge is -2.23. The van der Waals surface area contributed by atoms with E-state index >= 15 is 0 Å². The van der Waals surface area contributed by atoms with Gasteiger partial charge < -0.3 is 5.73 Å². The maximum Gasteiger partial charge on any atom is 0.136 e. The number of halogens is 2. The van der Waals surface area contributed by atoms with Gasteiger partial charge in [-0.25, -0.2) is 8.78 Å². The maximum atomic E-state index is 13.8. The van der Waals surface area contributed by atoms with E-state index in [9.17, 15) is 8.78 Å². The third kappa shape index (κ3) is 3.58. The molecule has 0 aromatic heterocycles. The van der Waals surface area contributed by atoms with Gasteiger partial charge in [0.1, 0.15) is 11.6 Å². The van der Waals surface area contributed by atoms with E-state index in [1.54, 1.807) is 24.3 Å². The Labute approximate surface area is 122 Å². The summed E-state index contributed by atoms with van der Waals surface area (Å²) in [6, 6.07) is 12.7. The van der Waals surface area contributed by atoms with E-state index in [0.29, 0.717) is 4.90 Å². The zero-order valence-electron chi connectivity index (χ0n) is 11.2. The number of hydrogen-bond acceptors (Lipinski definition) is 2. The van der Waals surface area contributed by atoms with Gasteiger partial charge in [0.2, 0.25) is 0 Å². The highest BCUT2D eigenvalue weighted by Gasteiger charge is 2.21. The van der Waals surface area contributed by atoms with Gasteiger partial charge in [-0.1, -0.05) is 31.2 Å². The van der Waals surface area contributed by atoms with Crippen LogP contribution < -0.4 is 5.73 Å². The Hall–Kier alpha value is -1.39. The first kappa shape index (κ1) is 15.0. The number of thioether (sulfide) groups is 1. The topological polar surface area (TPSA) is 26.0 Å². The molecule has 0 aliphatic heterocycles. The summed E-state index contributed by atoms with van der Waals surface area (Å²) in [6.07, 6.45) is 0.739. The van der Waals surface area contributed by atoms with Gasteiger partial charge >= 0.3 is 0 Å². The van der Waals surface area contributed by atoms with Crippen LogP contribution in [0.2, 0.25) is 0 Å². The van der Waals surface area contributed by atoms with Crippen molar-refractivity contribution in [3.05, 3.63) is 65.7 Å². The molecule has 0 aliphatic rings. The standard InChI is InChI=1S/C16H17F2NS/c1-2-14(19)16(11-6-5-7-12(17)10-11)20-15-9-4-3-8-13(15)18/h3-10,14,16H,2,19H2,1H3. The molecule has 0 saturated carbocycles. The Bertz CT molecular complexity index is 574. The second kappa shape index (κ2) is 6.86. The summed E-state index contributed by atoms with van der Waals surface area (Å²) in [5, 5.41) is -0.174. The number of hydrogen-bond donors (Lipinski definition) is 1. The Morgan fingerprint density at radius 1 is 1.10 bits per heavy atom. The van der Waals surface area contributed by atoms with Gasteiger partial charge in [-0.2, -0.15) is 0 Å². The van der Waals surface area contributed by atoms with Crippen LogP contribution in [0.15, 0.2) is 53.4 Å². The zero-order valence-corrected chi connectivity index (χ0v) is 12.0. The molecule has 0 spiro atoms. The summed E-state index contributed by atoms with van der Waals surface area (Å²) < 4.78 is 27.2. The Morgan fingerprint density at radius 3 is 2.50 bits per heavy atom. The highest BCUT2D eigenvalue weighted by atomic mass is 32.2. The van der Waals surface area contributed by atoms with E-state index in [-0.39, 0.29) is 22.9 Å². The number of benzene rings is 2. The van der Waals surface area contributed by atoms with Crippen LogP contribution in [0, 0.1) is 11.6 Å². The molecule has 1 nitrogen and oxygen atoms in total.